The molecule has 0 aliphatic carbocycles. The Bertz CT molecular complexity index is 1090. The number of nitrogens with one attached hydrogen (secondary N) is 1. The highest BCUT2D eigenvalue weighted by Gasteiger charge is 2.25. The van der Waals surface area contributed by atoms with E-state index in [1.54, 1.807) is 34.7 Å². The van der Waals surface area contributed by atoms with E-state index < -0.39 is 5.91 Å². The van der Waals surface area contributed by atoms with Crippen molar-refractivity contribution in [3.63, 3.8) is 0 Å². The summed E-state index contributed by atoms with van der Waals surface area (Å²) in [5.74, 6) is 0.359. The first-order chi connectivity index (χ1) is 14.9. The molecule has 2 aromatic heterocycles. The number of hydrogen-bond donors (Lipinski definition) is 2. The SMILES string of the molecule is CC(C)OC(=O)N1CCC(Nc2ncnc3c(-c4ccc(C(N)=O)cc4)csc23)CC1. The van der Waals surface area contributed by atoms with Gasteiger partial charge in [-0.05, 0) is 44.4 Å². The van der Waals surface area contributed by atoms with E-state index in [2.05, 4.69) is 15.3 Å². The van der Waals surface area contributed by atoms with Gasteiger partial charge in [0.15, 0.2) is 0 Å². The quantitative estimate of drug-likeness (QED) is 0.624. The first-order valence-electron chi connectivity index (χ1n) is 10.3. The fourth-order valence-corrected chi connectivity index (χ4v) is 4.63. The average Bonchev–Trinajstić information content (AvgIpc) is 3.19. The maximum atomic E-state index is 12.1. The molecule has 9 heteroatoms. The maximum absolute atomic E-state index is 12.1. The van der Waals surface area contributed by atoms with Gasteiger partial charge in [0.25, 0.3) is 0 Å². The molecule has 3 N–H and O–H groups in total. The van der Waals surface area contributed by atoms with Crippen molar-refractivity contribution in [1.29, 1.82) is 0 Å². The second-order valence-corrected chi connectivity index (χ2v) is 8.71. The van der Waals surface area contributed by atoms with Gasteiger partial charge in [-0.25, -0.2) is 14.8 Å². The Hall–Kier alpha value is -3.20. The lowest BCUT2D eigenvalue weighted by Gasteiger charge is -2.32. The van der Waals surface area contributed by atoms with Gasteiger partial charge in [0.05, 0.1) is 16.3 Å². The highest BCUT2D eigenvalue weighted by molar-refractivity contribution is 7.18. The Kier molecular flexibility index (Phi) is 6.03. The summed E-state index contributed by atoms with van der Waals surface area (Å²) >= 11 is 1.58. The van der Waals surface area contributed by atoms with Gasteiger partial charge in [-0.2, -0.15) is 0 Å². The summed E-state index contributed by atoms with van der Waals surface area (Å²) in [6.07, 6.45) is 2.85. The molecular formula is C22H25N5O3S. The van der Waals surface area contributed by atoms with Crippen molar-refractivity contribution in [1.82, 2.24) is 14.9 Å². The van der Waals surface area contributed by atoms with Crippen LogP contribution in [0, 0.1) is 0 Å². The molecule has 0 bridgehead atoms. The number of nitrogens with zero attached hydrogens (tertiary/aromatic N) is 3. The number of likely N-dealkylation sites (tertiary alicyclic amines) is 1. The summed E-state index contributed by atoms with van der Waals surface area (Å²) in [5, 5.41) is 5.58. The van der Waals surface area contributed by atoms with Crippen LogP contribution in [0.4, 0.5) is 10.6 Å². The molecule has 8 nitrogen and oxygen atoms in total. The summed E-state index contributed by atoms with van der Waals surface area (Å²) in [6.45, 7) is 5.01. The summed E-state index contributed by atoms with van der Waals surface area (Å²) < 4.78 is 6.27. The summed E-state index contributed by atoms with van der Waals surface area (Å²) in [4.78, 5) is 34.1. The molecule has 3 heterocycles. The standard InChI is InChI=1S/C22H25N5O3S/c1-13(2)30-22(29)27-9-7-16(8-10-27)26-21-19-18(24-12-25-21)17(11-31-19)14-3-5-15(6-4-14)20(23)28/h3-6,11-13,16H,7-10H2,1-2H3,(H2,23,28)(H,24,25,26). The van der Waals surface area contributed by atoms with Crippen molar-refractivity contribution in [2.75, 3.05) is 18.4 Å². The maximum Gasteiger partial charge on any atom is 0.410 e. The number of rotatable bonds is 5. The molecule has 31 heavy (non-hydrogen) atoms. The highest BCUT2D eigenvalue weighted by Crippen LogP contribution is 2.36. The van der Waals surface area contributed by atoms with Crippen LogP contribution in [0.2, 0.25) is 0 Å². The number of anilines is 1. The largest absolute Gasteiger partial charge is 0.447 e. The predicted molar refractivity (Wildman–Crippen MR) is 121 cm³/mol. The Morgan fingerprint density at radius 1 is 1.19 bits per heavy atom. The van der Waals surface area contributed by atoms with Crippen molar-refractivity contribution >= 4 is 39.4 Å². The third kappa shape index (κ3) is 4.61. The van der Waals surface area contributed by atoms with Crippen LogP contribution in [0.5, 0.6) is 0 Å². The van der Waals surface area contributed by atoms with Gasteiger partial charge in [-0.3, -0.25) is 4.79 Å². The van der Waals surface area contributed by atoms with E-state index >= 15 is 0 Å². The number of benzene rings is 1. The number of nitrogens with two attached hydrogens (primary N) is 1. The molecule has 1 fully saturated rings. The molecule has 1 aliphatic heterocycles. The van der Waals surface area contributed by atoms with Crippen LogP contribution < -0.4 is 11.1 Å². The van der Waals surface area contributed by atoms with E-state index in [1.807, 2.05) is 31.4 Å². The normalized spacial score (nSPS) is 14.7. The van der Waals surface area contributed by atoms with Crippen LogP contribution in [0.25, 0.3) is 21.3 Å². The van der Waals surface area contributed by atoms with E-state index in [0.29, 0.717) is 18.7 Å². The molecule has 4 rings (SSSR count). The fraction of sp³-hybridized carbons (Fsp3) is 0.364. The molecule has 3 aromatic rings. The number of piperidine rings is 1. The number of carbonyl (C=O) groups is 2. The first-order valence-corrected chi connectivity index (χ1v) is 11.1. The molecule has 0 saturated carbocycles. The number of ether oxygens (including phenoxy) is 1. The third-order valence-corrected chi connectivity index (χ3v) is 6.24. The fourth-order valence-electron chi connectivity index (χ4n) is 3.65. The lowest BCUT2D eigenvalue weighted by molar-refractivity contribution is 0.0701. The molecule has 1 aliphatic rings. The number of primary amides is 1. The van der Waals surface area contributed by atoms with Gasteiger partial charge >= 0.3 is 6.09 Å². The second-order valence-electron chi connectivity index (χ2n) is 7.83. The van der Waals surface area contributed by atoms with Gasteiger partial charge in [-0.1, -0.05) is 12.1 Å². The number of thiophene rings is 1. The highest BCUT2D eigenvalue weighted by atomic mass is 32.1. The van der Waals surface area contributed by atoms with Crippen LogP contribution in [0.3, 0.4) is 0 Å². The molecule has 0 atom stereocenters. The number of aromatic nitrogens is 2. The molecular weight excluding hydrogens is 414 g/mol. The number of amides is 2. The zero-order valence-electron chi connectivity index (χ0n) is 17.5. The minimum Gasteiger partial charge on any atom is -0.447 e. The molecule has 1 saturated heterocycles. The molecule has 1 aromatic carbocycles. The van der Waals surface area contributed by atoms with Gasteiger partial charge in [0, 0.05) is 35.6 Å². The van der Waals surface area contributed by atoms with Crippen molar-refractivity contribution in [2.24, 2.45) is 5.73 Å². The lowest BCUT2D eigenvalue weighted by atomic mass is 10.0. The Morgan fingerprint density at radius 2 is 1.90 bits per heavy atom. The Morgan fingerprint density at radius 3 is 2.55 bits per heavy atom. The van der Waals surface area contributed by atoms with E-state index in [1.165, 1.54) is 0 Å². The average molecular weight is 440 g/mol. The van der Waals surface area contributed by atoms with E-state index in [0.717, 1.165) is 40.0 Å². The van der Waals surface area contributed by atoms with Crippen LogP contribution in [-0.4, -0.2) is 52.1 Å². The molecule has 162 valence electrons. The van der Waals surface area contributed by atoms with Crippen molar-refractivity contribution in [2.45, 2.75) is 38.8 Å². The van der Waals surface area contributed by atoms with Crippen LogP contribution >= 0.6 is 11.3 Å². The van der Waals surface area contributed by atoms with Crippen molar-refractivity contribution < 1.29 is 14.3 Å². The topological polar surface area (TPSA) is 110 Å². The summed E-state index contributed by atoms with van der Waals surface area (Å²) in [6, 6.07) is 7.42. The van der Waals surface area contributed by atoms with Gasteiger partial charge in [0.1, 0.15) is 12.1 Å². The molecule has 0 unspecified atom stereocenters. The molecule has 0 spiro atoms. The number of carbonyl (C=O) groups excluding carboxylic acids is 2. The van der Waals surface area contributed by atoms with E-state index in [-0.39, 0.29) is 18.2 Å². The zero-order valence-corrected chi connectivity index (χ0v) is 18.3. The number of hydrogen-bond acceptors (Lipinski definition) is 7. The molecule has 0 radical (unpaired) electrons. The predicted octanol–water partition coefficient (Wildman–Crippen LogP) is 3.88. The zero-order chi connectivity index (χ0) is 22.0. The van der Waals surface area contributed by atoms with Crippen molar-refractivity contribution in [3.8, 4) is 11.1 Å². The van der Waals surface area contributed by atoms with E-state index in [4.69, 9.17) is 10.5 Å². The lowest BCUT2D eigenvalue weighted by Crippen LogP contribution is -2.43. The van der Waals surface area contributed by atoms with Gasteiger partial charge < -0.3 is 20.7 Å². The summed E-state index contributed by atoms with van der Waals surface area (Å²) in [7, 11) is 0. The smallest absolute Gasteiger partial charge is 0.410 e. The minimum absolute atomic E-state index is 0.113. The van der Waals surface area contributed by atoms with Gasteiger partial charge in [0.2, 0.25) is 5.91 Å². The Balaban J connectivity index is 1.48. The monoisotopic (exact) mass is 439 g/mol. The molecule has 2 amide bonds. The van der Waals surface area contributed by atoms with Gasteiger partial charge in [-0.15, -0.1) is 11.3 Å². The number of fused-ring (bicyclic) bond motifs is 1. The second kappa shape index (κ2) is 8.89. The first kappa shape index (κ1) is 21.0. The van der Waals surface area contributed by atoms with Crippen molar-refractivity contribution in [3.05, 3.63) is 41.5 Å². The summed E-state index contributed by atoms with van der Waals surface area (Å²) in [5.41, 5.74) is 8.64. The van der Waals surface area contributed by atoms with E-state index in [9.17, 15) is 9.59 Å². The Labute approximate surface area is 184 Å². The van der Waals surface area contributed by atoms with Crippen LogP contribution in [0.1, 0.15) is 37.0 Å². The third-order valence-electron chi connectivity index (χ3n) is 5.26. The minimum atomic E-state index is -0.445. The van der Waals surface area contributed by atoms with Crippen LogP contribution in [0.15, 0.2) is 36.0 Å². The van der Waals surface area contributed by atoms with Crippen LogP contribution in [-0.2, 0) is 4.74 Å².